The van der Waals surface area contributed by atoms with Gasteiger partial charge in [0.25, 0.3) is 33.7 Å². The van der Waals surface area contributed by atoms with E-state index in [1.807, 2.05) is 30.3 Å². The molecule has 0 aliphatic heterocycles. The number of pyridine rings is 4. The number of sulfonamides is 4. The van der Waals surface area contributed by atoms with Crippen LogP contribution in [0.2, 0.25) is 20.1 Å². The number of methoxy groups -OCH3 is 1. The van der Waals surface area contributed by atoms with E-state index in [-0.39, 0.29) is 99.6 Å². The number of hydrogen-bond donors (Lipinski definition) is 8. The molecule has 0 unspecified atom stereocenters. The maximum atomic E-state index is 13.2. The van der Waals surface area contributed by atoms with Crippen LogP contribution in [0.4, 0.5) is 63.6 Å². The summed E-state index contributed by atoms with van der Waals surface area (Å²) in [7, 11) is -13.2. The lowest BCUT2D eigenvalue weighted by molar-refractivity contribution is 0.101. The molecule has 0 saturated heterocycles. The smallest absolute Gasteiger partial charge is 0.272 e. The summed E-state index contributed by atoms with van der Waals surface area (Å²) in [6.07, 6.45) is 10.7. The molecule has 5 aromatic heterocycles. The SMILES string of the molecule is COCCS(=O)(=O)Nc1cc(C(=O)Nc2ccc(F)c(Cl)c2)ccn1.O=C(Nc1ccc(F)c(Cl)c1)c1ccnc(NS(=O)(=O)CC2CCCCC2)c1.O=C(Nc1ccc(F)c(Cl)c1)c1ccnc(NS(=O)(=O)CCc2ccccc2)c1.O=C(Nc1ccc(F)c(Cl)c1)c1ccnc(NS(=O)(=O)c2cccs2)c1. The molecule has 5 aromatic carbocycles. The van der Waals surface area contributed by atoms with E-state index in [9.17, 15) is 70.4 Å². The number of aryl methyl sites for hydroxylation is 1. The van der Waals surface area contributed by atoms with Gasteiger partial charge in [-0.25, -0.2) is 71.2 Å². The molecule has 0 spiro atoms. The largest absolute Gasteiger partial charge is 0.384 e. The second kappa shape index (κ2) is 39.3. The van der Waals surface area contributed by atoms with Crippen LogP contribution in [0.1, 0.15) is 79.1 Å². The van der Waals surface area contributed by atoms with E-state index in [0.717, 1.165) is 73.3 Å². The molecule has 108 heavy (non-hydrogen) atoms. The highest BCUT2D eigenvalue weighted by Gasteiger charge is 2.24. The highest BCUT2D eigenvalue weighted by molar-refractivity contribution is 7.94. The van der Waals surface area contributed by atoms with E-state index in [0.29, 0.717) is 29.2 Å². The fraction of sp³-hybridized carbons (Fsp3) is 0.171. The molecule has 0 atom stereocenters. The molecule has 38 heteroatoms. The third kappa shape index (κ3) is 27.1. The fourth-order valence-electron chi connectivity index (χ4n) is 9.60. The Morgan fingerprint density at radius 1 is 0.435 bits per heavy atom. The number of hydrogen-bond acceptors (Lipinski definition) is 18. The highest BCUT2D eigenvalue weighted by Crippen LogP contribution is 2.28. The van der Waals surface area contributed by atoms with Crippen LogP contribution < -0.4 is 40.2 Å². The van der Waals surface area contributed by atoms with Crippen LogP contribution in [-0.4, -0.2) is 108 Å². The lowest BCUT2D eigenvalue weighted by Gasteiger charge is -2.21. The number of thiophene rings is 1. The average molecular weight is 1660 g/mol. The molecule has 0 bridgehead atoms. The molecule has 10 aromatic rings. The summed E-state index contributed by atoms with van der Waals surface area (Å²) in [5.74, 6) is -4.47. The Bertz CT molecular complexity index is 5330. The van der Waals surface area contributed by atoms with Crippen LogP contribution in [0, 0.1) is 29.2 Å². The molecule has 568 valence electrons. The first-order chi connectivity index (χ1) is 51.3. The zero-order valence-electron chi connectivity index (χ0n) is 56.3. The second-order valence-corrected chi connectivity index (χ2v) is 33.0. The van der Waals surface area contributed by atoms with E-state index in [4.69, 9.17) is 51.1 Å². The average Bonchev–Trinajstić information content (AvgIpc) is 1.06. The summed E-state index contributed by atoms with van der Waals surface area (Å²) in [6, 6.07) is 38.4. The van der Waals surface area contributed by atoms with Gasteiger partial charge in [0, 0.05) is 76.9 Å². The maximum absolute atomic E-state index is 13.2. The van der Waals surface area contributed by atoms with E-state index in [1.54, 1.807) is 11.4 Å². The van der Waals surface area contributed by atoms with E-state index < -0.39 is 87.0 Å². The number of aromatic nitrogens is 4. The third-order valence-corrected chi connectivity index (χ3v) is 22.6. The molecule has 0 radical (unpaired) electrons. The maximum Gasteiger partial charge on any atom is 0.272 e. The van der Waals surface area contributed by atoms with Gasteiger partial charge in [0.1, 0.15) is 50.7 Å². The predicted molar refractivity (Wildman–Crippen MR) is 410 cm³/mol. The molecule has 11 rings (SSSR count). The minimum atomic E-state index is -3.77. The van der Waals surface area contributed by atoms with Crippen LogP contribution in [0.3, 0.4) is 0 Å². The van der Waals surface area contributed by atoms with Gasteiger partial charge >= 0.3 is 0 Å². The normalized spacial score (nSPS) is 12.2. The summed E-state index contributed by atoms with van der Waals surface area (Å²) >= 11 is 23.8. The Morgan fingerprint density at radius 2 is 0.787 bits per heavy atom. The predicted octanol–water partition coefficient (Wildman–Crippen LogP) is 15.1. The van der Waals surface area contributed by atoms with Gasteiger partial charge in [-0.1, -0.05) is 102 Å². The van der Waals surface area contributed by atoms with Gasteiger partial charge in [-0.2, -0.15) is 0 Å². The molecule has 25 nitrogen and oxygen atoms in total. The molecule has 1 aliphatic rings. The molecule has 4 amide bonds. The second-order valence-electron chi connectivity index (χ2n) is 23.0. The number of anilines is 8. The number of nitrogens with zero attached hydrogens (tertiary/aromatic N) is 4. The Balaban J connectivity index is 0.000000182. The zero-order chi connectivity index (χ0) is 78.2. The van der Waals surface area contributed by atoms with Crippen molar-refractivity contribution in [1.82, 2.24) is 19.9 Å². The van der Waals surface area contributed by atoms with E-state index in [2.05, 4.69) is 60.1 Å². The summed E-state index contributed by atoms with van der Waals surface area (Å²) in [5, 5.41) is 11.4. The van der Waals surface area contributed by atoms with Crippen molar-refractivity contribution in [3.8, 4) is 0 Å². The quantitative estimate of drug-likeness (QED) is 0.0246. The molecule has 1 aliphatic carbocycles. The number of carbonyl (C=O) groups is 4. The molecular weight excluding hydrogens is 1590 g/mol. The van der Waals surface area contributed by atoms with Crippen LogP contribution in [0.25, 0.3) is 0 Å². The molecular formula is C70H64Cl4F4N12O13S5. The van der Waals surface area contributed by atoms with Crippen molar-refractivity contribution in [2.45, 2.75) is 42.7 Å². The van der Waals surface area contributed by atoms with Crippen molar-refractivity contribution in [1.29, 1.82) is 0 Å². The first kappa shape index (κ1) is 83.8. The van der Waals surface area contributed by atoms with Crippen molar-refractivity contribution in [3.05, 3.63) is 265 Å². The fourth-order valence-corrected chi connectivity index (χ4v) is 15.7. The Kier molecular flexibility index (Phi) is 30.5. The van der Waals surface area contributed by atoms with E-state index >= 15 is 0 Å². The third-order valence-electron chi connectivity index (χ3n) is 14.8. The molecule has 5 heterocycles. The van der Waals surface area contributed by atoms with Crippen LogP contribution in [0.5, 0.6) is 0 Å². The van der Waals surface area contributed by atoms with Gasteiger partial charge in [0.2, 0.25) is 30.1 Å². The summed E-state index contributed by atoms with van der Waals surface area (Å²) in [5.41, 5.74) is 2.87. The lowest BCUT2D eigenvalue weighted by Crippen LogP contribution is -2.24. The highest BCUT2D eigenvalue weighted by atomic mass is 35.5. The number of carbonyl (C=O) groups excluding carboxylic acids is 4. The minimum Gasteiger partial charge on any atom is -0.384 e. The zero-order valence-corrected chi connectivity index (χ0v) is 63.4. The van der Waals surface area contributed by atoms with Gasteiger partial charge in [-0.15, -0.1) is 11.3 Å². The number of ether oxygens (including phenoxy) is 1. The van der Waals surface area contributed by atoms with Crippen LogP contribution in [0.15, 0.2) is 198 Å². The van der Waals surface area contributed by atoms with Crippen molar-refractivity contribution in [2.24, 2.45) is 5.92 Å². The Morgan fingerprint density at radius 3 is 1.13 bits per heavy atom. The molecule has 1 saturated carbocycles. The number of benzene rings is 5. The first-order valence-electron chi connectivity index (χ1n) is 31.8. The Labute approximate surface area is 642 Å². The Hall–Kier alpha value is -9.88. The van der Waals surface area contributed by atoms with Crippen molar-refractivity contribution in [2.75, 3.05) is 71.1 Å². The number of rotatable bonds is 25. The van der Waals surface area contributed by atoms with E-state index in [1.165, 1.54) is 135 Å². The van der Waals surface area contributed by atoms with Crippen molar-refractivity contribution in [3.63, 3.8) is 0 Å². The minimum absolute atomic E-state index is 0.000826. The summed E-state index contributed by atoms with van der Waals surface area (Å²) < 4.78 is 165. The number of nitrogens with one attached hydrogen (secondary N) is 8. The summed E-state index contributed by atoms with van der Waals surface area (Å²) in [6.45, 7) is 0.0286. The molecule has 1 fully saturated rings. The van der Waals surface area contributed by atoms with Gasteiger partial charge in [0.15, 0.2) is 0 Å². The number of halogens is 8. The van der Waals surface area contributed by atoms with Crippen LogP contribution in [-0.2, 0) is 51.3 Å². The lowest BCUT2D eigenvalue weighted by atomic mass is 9.91. The van der Waals surface area contributed by atoms with Gasteiger partial charge in [-0.3, -0.25) is 38.1 Å². The topological polar surface area (TPSA) is 362 Å². The van der Waals surface area contributed by atoms with Crippen LogP contribution >= 0.6 is 57.7 Å². The standard InChI is InChI=1S/C20H17ClFN3O3S.C19H21ClFN3O3S.C16H11ClFN3O3S2.C15H15ClFN3O4S/c21-17-13-16(6-7-18(17)22)24-20(26)15-8-10-23-19(12-15)25-29(27,28)11-9-14-4-2-1-3-5-14;20-16-11-15(6-7-17(16)21)23-19(25)14-8-9-22-18(10-14)24-28(26,27)12-13-4-2-1-3-5-13;17-12-9-11(3-4-13(12)18)20-16(22)10-5-6-19-14(8-10)21-26(23,24)15-2-1-7-25-15;1-24-6-7-25(22,23)20-14-8-10(4-5-18-14)15(21)19-11-2-3-13(17)12(16)9-11/h1-8,10,12-13H,9,11H2,(H,23,25)(H,24,26);6-11,13H,1-5,12H2,(H,22,24)(H,23,25);1-9H,(H,19,21)(H,20,22);2-5,8-9H,6-7H2,1H3,(H,18,20)(H,19,21). The summed E-state index contributed by atoms with van der Waals surface area (Å²) in [4.78, 5) is 65.0. The first-order valence-corrected chi connectivity index (χ1v) is 40.6. The monoisotopic (exact) mass is 1660 g/mol. The van der Waals surface area contributed by atoms with Gasteiger partial charge in [-0.05, 0) is 164 Å². The van der Waals surface area contributed by atoms with Crippen molar-refractivity contribution >= 4 is 167 Å². The molecule has 8 N–H and O–H groups in total. The van der Waals surface area contributed by atoms with Crippen molar-refractivity contribution < 1.29 is 75.1 Å². The van der Waals surface area contributed by atoms with Gasteiger partial charge < -0.3 is 26.0 Å². The van der Waals surface area contributed by atoms with Gasteiger partial charge in [0.05, 0.1) is 44.0 Å². The number of amides is 4.